The number of pyridine rings is 1. The Bertz CT molecular complexity index is 1240. The van der Waals surface area contributed by atoms with Gasteiger partial charge in [0.25, 0.3) is 5.56 Å². The Balaban J connectivity index is 1.36. The van der Waals surface area contributed by atoms with Crippen LogP contribution in [0.2, 0.25) is 0 Å². The van der Waals surface area contributed by atoms with E-state index in [-0.39, 0.29) is 16.6 Å². The maximum absolute atomic E-state index is 12.6. The highest BCUT2D eigenvalue weighted by atomic mass is 32.2. The molecule has 0 amide bonds. The molecule has 1 aromatic heterocycles. The number of aryl methyl sites for hydroxylation is 1. The first-order valence-electron chi connectivity index (χ1n) is 11.4. The number of rotatable bonds is 7. The standard InChI is InChI=1S/C26H30N2O4S/c1-3-4-20-5-7-21(8-6-20)27-16-13-23(14-17-27)32-24-15-18-28(26(29)19-24)22-9-11-25(12-10-22)33(2,30)31/h5-12,15,18-19,23H,3-4,13-14,16-17H2,1-2H3. The summed E-state index contributed by atoms with van der Waals surface area (Å²) in [6.07, 6.45) is 6.96. The molecule has 1 saturated heterocycles. The zero-order valence-electron chi connectivity index (χ0n) is 19.1. The number of hydrogen-bond acceptors (Lipinski definition) is 5. The highest BCUT2D eigenvalue weighted by molar-refractivity contribution is 7.90. The van der Waals surface area contributed by atoms with E-state index in [1.54, 1.807) is 24.4 Å². The number of anilines is 1. The highest BCUT2D eigenvalue weighted by Gasteiger charge is 2.21. The third-order valence-corrected chi connectivity index (χ3v) is 7.15. The lowest BCUT2D eigenvalue weighted by Crippen LogP contribution is -2.38. The first kappa shape index (κ1) is 23.1. The molecule has 1 aliphatic heterocycles. The van der Waals surface area contributed by atoms with Crippen LogP contribution in [0.5, 0.6) is 5.75 Å². The Morgan fingerprint density at radius 1 is 0.939 bits per heavy atom. The van der Waals surface area contributed by atoms with E-state index < -0.39 is 9.84 Å². The number of aromatic nitrogens is 1. The number of sulfone groups is 1. The van der Waals surface area contributed by atoms with Crippen LogP contribution in [-0.4, -0.2) is 38.4 Å². The van der Waals surface area contributed by atoms with E-state index in [0.717, 1.165) is 45.0 Å². The van der Waals surface area contributed by atoms with Gasteiger partial charge in [-0.2, -0.15) is 0 Å². The molecule has 0 atom stereocenters. The minimum absolute atomic E-state index is 0.0740. The van der Waals surface area contributed by atoms with E-state index in [2.05, 4.69) is 36.1 Å². The minimum Gasteiger partial charge on any atom is -0.490 e. The fraction of sp³-hybridized carbons (Fsp3) is 0.346. The van der Waals surface area contributed by atoms with Crippen LogP contribution in [0.3, 0.4) is 0 Å². The largest absolute Gasteiger partial charge is 0.490 e. The van der Waals surface area contributed by atoms with Crippen LogP contribution in [0.1, 0.15) is 31.7 Å². The fourth-order valence-corrected chi connectivity index (χ4v) is 4.82. The number of hydrogen-bond donors (Lipinski definition) is 0. The average molecular weight is 467 g/mol. The molecule has 2 aromatic carbocycles. The molecule has 33 heavy (non-hydrogen) atoms. The first-order valence-corrected chi connectivity index (χ1v) is 13.3. The molecule has 1 fully saturated rings. The van der Waals surface area contributed by atoms with E-state index in [4.69, 9.17) is 4.74 Å². The van der Waals surface area contributed by atoms with Gasteiger partial charge in [-0.15, -0.1) is 0 Å². The van der Waals surface area contributed by atoms with Gasteiger partial charge in [0.1, 0.15) is 11.9 Å². The van der Waals surface area contributed by atoms with Crippen molar-refractivity contribution in [2.24, 2.45) is 0 Å². The van der Waals surface area contributed by atoms with E-state index in [9.17, 15) is 13.2 Å². The van der Waals surface area contributed by atoms with Gasteiger partial charge in [0, 0.05) is 55.8 Å². The Labute approximate surface area is 195 Å². The Morgan fingerprint density at radius 2 is 1.58 bits per heavy atom. The second-order valence-corrected chi connectivity index (χ2v) is 10.6. The predicted octanol–water partition coefficient (Wildman–Crippen LogP) is 4.24. The van der Waals surface area contributed by atoms with Gasteiger partial charge in [0.05, 0.1) is 4.90 Å². The van der Waals surface area contributed by atoms with Crippen molar-refractivity contribution in [3.05, 3.63) is 82.8 Å². The molecule has 6 nitrogen and oxygen atoms in total. The van der Waals surface area contributed by atoms with Crippen molar-refractivity contribution in [1.29, 1.82) is 0 Å². The fourth-order valence-electron chi connectivity index (χ4n) is 4.19. The number of ether oxygens (including phenoxy) is 1. The van der Waals surface area contributed by atoms with Gasteiger partial charge in [0.2, 0.25) is 0 Å². The van der Waals surface area contributed by atoms with Crippen LogP contribution in [0.4, 0.5) is 5.69 Å². The van der Waals surface area contributed by atoms with Crippen molar-refractivity contribution in [3.63, 3.8) is 0 Å². The molecule has 0 bridgehead atoms. The number of nitrogens with zero attached hydrogens (tertiary/aromatic N) is 2. The molecule has 0 saturated carbocycles. The average Bonchev–Trinajstić information content (AvgIpc) is 2.80. The summed E-state index contributed by atoms with van der Waals surface area (Å²) in [4.78, 5) is 15.2. The van der Waals surface area contributed by atoms with Crippen molar-refractivity contribution in [3.8, 4) is 11.4 Å². The summed E-state index contributed by atoms with van der Waals surface area (Å²) in [5.74, 6) is 0.561. The van der Waals surface area contributed by atoms with Crippen LogP contribution in [0, 0.1) is 0 Å². The molecule has 0 unspecified atom stereocenters. The normalized spacial score (nSPS) is 14.9. The zero-order chi connectivity index (χ0) is 23.4. The van der Waals surface area contributed by atoms with E-state index in [0.29, 0.717) is 11.4 Å². The molecule has 0 radical (unpaired) electrons. The van der Waals surface area contributed by atoms with Crippen molar-refractivity contribution in [2.75, 3.05) is 24.2 Å². The third-order valence-electron chi connectivity index (χ3n) is 6.02. The molecular weight excluding hydrogens is 436 g/mol. The summed E-state index contributed by atoms with van der Waals surface area (Å²) in [5, 5.41) is 0. The molecule has 174 valence electrons. The quantitative estimate of drug-likeness (QED) is 0.521. The number of piperidine rings is 1. The van der Waals surface area contributed by atoms with Crippen LogP contribution in [0.25, 0.3) is 5.69 Å². The van der Waals surface area contributed by atoms with Crippen molar-refractivity contribution < 1.29 is 13.2 Å². The maximum atomic E-state index is 12.6. The topological polar surface area (TPSA) is 68.6 Å². The molecule has 1 aliphatic rings. The second-order valence-electron chi connectivity index (χ2n) is 8.56. The molecular formula is C26H30N2O4S. The molecule has 4 rings (SSSR count). The minimum atomic E-state index is -3.27. The van der Waals surface area contributed by atoms with Crippen molar-refractivity contribution in [2.45, 2.75) is 43.6 Å². The third kappa shape index (κ3) is 5.66. The summed E-state index contributed by atoms with van der Waals surface area (Å²) >= 11 is 0. The lowest BCUT2D eigenvalue weighted by Gasteiger charge is -2.33. The Kier molecular flexibility index (Phi) is 6.88. The summed E-state index contributed by atoms with van der Waals surface area (Å²) in [5.41, 5.74) is 3.01. The van der Waals surface area contributed by atoms with Gasteiger partial charge >= 0.3 is 0 Å². The molecule has 3 aromatic rings. The maximum Gasteiger partial charge on any atom is 0.258 e. The first-order chi connectivity index (χ1) is 15.8. The highest BCUT2D eigenvalue weighted by Crippen LogP contribution is 2.24. The van der Waals surface area contributed by atoms with Gasteiger partial charge in [-0.05, 0) is 54.4 Å². The molecule has 0 aliphatic carbocycles. The molecule has 0 spiro atoms. The Hall–Kier alpha value is -3.06. The smallest absolute Gasteiger partial charge is 0.258 e. The van der Waals surface area contributed by atoms with Crippen LogP contribution >= 0.6 is 0 Å². The Morgan fingerprint density at radius 3 is 2.15 bits per heavy atom. The van der Waals surface area contributed by atoms with Gasteiger partial charge in [0.15, 0.2) is 9.84 Å². The summed E-state index contributed by atoms with van der Waals surface area (Å²) < 4.78 is 30.8. The second kappa shape index (κ2) is 9.83. The zero-order valence-corrected chi connectivity index (χ0v) is 19.9. The summed E-state index contributed by atoms with van der Waals surface area (Å²) in [7, 11) is -3.27. The lowest BCUT2D eigenvalue weighted by atomic mass is 10.1. The van der Waals surface area contributed by atoms with E-state index >= 15 is 0 Å². The van der Waals surface area contributed by atoms with Gasteiger partial charge < -0.3 is 9.64 Å². The van der Waals surface area contributed by atoms with E-state index in [1.807, 2.05) is 0 Å². The van der Waals surface area contributed by atoms with Crippen molar-refractivity contribution in [1.82, 2.24) is 4.57 Å². The van der Waals surface area contributed by atoms with Gasteiger partial charge in [-0.25, -0.2) is 8.42 Å². The van der Waals surface area contributed by atoms with Gasteiger partial charge in [-0.1, -0.05) is 25.5 Å². The van der Waals surface area contributed by atoms with Crippen LogP contribution < -0.4 is 15.2 Å². The summed E-state index contributed by atoms with van der Waals surface area (Å²) in [6, 6.07) is 18.4. The van der Waals surface area contributed by atoms with Crippen molar-refractivity contribution >= 4 is 15.5 Å². The lowest BCUT2D eigenvalue weighted by molar-refractivity contribution is 0.170. The SMILES string of the molecule is CCCc1ccc(N2CCC(Oc3ccn(-c4ccc(S(C)(=O)=O)cc4)c(=O)c3)CC2)cc1. The van der Waals surface area contributed by atoms with Crippen LogP contribution in [0.15, 0.2) is 76.6 Å². The molecule has 7 heteroatoms. The monoisotopic (exact) mass is 466 g/mol. The van der Waals surface area contributed by atoms with E-state index in [1.165, 1.54) is 34.0 Å². The molecule has 2 heterocycles. The van der Waals surface area contributed by atoms with Gasteiger partial charge in [-0.3, -0.25) is 9.36 Å². The van der Waals surface area contributed by atoms with Crippen LogP contribution in [-0.2, 0) is 16.3 Å². The molecule has 0 N–H and O–H groups in total. The summed E-state index contributed by atoms with van der Waals surface area (Å²) in [6.45, 7) is 4.03. The predicted molar refractivity (Wildman–Crippen MR) is 131 cm³/mol. The number of benzene rings is 2.